The van der Waals surface area contributed by atoms with Crippen molar-refractivity contribution in [1.29, 1.82) is 0 Å². The molecule has 6 heteroatoms. The van der Waals surface area contributed by atoms with Gasteiger partial charge in [-0.3, -0.25) is 0 Å². The van der Waals surface area contributed by atoms with Gasteiger partial charge in [0.05, 0.1) is 5.56 Å². The van der Waals surface area contributed by atoms with Crippen molar-refractivity contribution in [3.8, 4) is 5.75 Å². The maximum Gasteiger partial charge on any atom is 0.395 e. The lowest BCUT2D eigenvalue weighted by atomic mass is 10.0. The molecule has 0 bridgehead atoms. The topological polar surface area (TPSA) is 20.2 Å². The van der Waals surface area contributed by atoms with Gasteiger partial charge >= 0.3 is 6.18 Å². The van der Waals surface area contributed by atoms with Crippen LogP contribution in [0.5, 0.6) is 5.75 Å². The Morgan fingerprint density at radius 2 is 1.53 bits per heavy atom. The third-order valence-electron chi connectivity index (χ3n) is 1.72. The monoisotopic (exact) mass is 226 g/mol. The summed E-state index contributed by atoms with van der Waals surface area (Å²) in [7, 11) is 0. The Kier molecular flexibility index (Phi) is 2.88. The molecule has 0 aliphatic carbocycles. The third kappa shape index (κ3) is 3.07. The van der Waals surface area contributed by atoms with E-state index in [0.717, 1.165) is 18.2 Å². The van der Waals surface area contributed by atoms with Crippen molar-refractivity contribution in [3.05, 3.63) is 29.8 Å². The van der Waals surface area contributed by atoms with Crippen molar-refractivity contribution in [3.63, 3.8) is 0 Å². The summed E-state index contributed by atoms with van der Waals surface area (Å²) >= 11 is 0. The summed E-state index contributed by atoms with van der Waals surface area (Å²) in [5.74, 6) is -4.95. The van der Waals surface area contributed by atoms with E-state index < -0.39 is 29.8 Å². The molecule has 1 aromatic carbocycles. The molecule has 0 saturated carbocycles. The number of alkyl halides is 5. The van der Waals surface area contributed by atoms with Gasteiger partial charge in [-0.15, -0.1) is 0 Å². The molecule has 1 aromatic rings. The van der Waals surface area contributed by atoms with Crippen molar-refractivity contribution < 1.29 is 27.1 Å². The van der Waals surface area contributed by atoms with Gasteiger partial charge in [0.2, 0.25) is 0 Å². The summed E-state index contributed by atoms with van der Waals surface area (Å²) in [4.78, 5) is 0. The molecule has 0 aliphatic rings. The number of rotatable bonds is 2. The third-order valence-corrected chi connectivity index (χ3v) is 1.72. The van der Waals surface area contributed by atoms with Gasteiger partial charge in [-0.2, -0.15) is 13.2 Å². The first-order valence-electron chi connectivity index (χ1n) is 3.95. The quantitative estimate of drug-likeness (QED) is 0.766. The van der Waals surface area contributed by atoms with Gasteiger partial charge in [0.1, 0.15) is 12.2 Å². The Labute approximate surface area is 82.1 Å². The van der Waals surface area contributed by atoms with Gasteiger partial charge in [0.15, 0.2) is 0 Å². The number of hydrogen-bond donors (Lipinski definition) is 1. The van der Waals surface area contributed by atoms with E-state index in [4.69, 9.17) is 5.11 Å². The van der Waals surface area contributed by atoms with E-state index in [0.29, 0.717) is 0 Å². The van der Waals surface area contributed by atoms with Crippen LogP contribution in [0.1, 0.15) is 12.0 Å². The normalized spacial score (nSPS) is 12.9. The highest BCUT2D eigenvalue weighted by molar-refractivity contribution is 5.35. The Bertz CT molecular complexity index is 345. The van der Waals surface area contributed by atoms with Crippen LogP contribution in [0.15, 0.2) is 24.3 Å². The van der Waals surface area contributed by atoms with Crippen LogP contribution in [-0.2, 0) is 5.92 Å². The zero-order valence-electron chi connectivity index (χ0n) is 7.35. The van der Waals surface area contributed by atoms with Crippen LogP contribution >= 0.6 is 0 Å². The summed E-state index contributed by atoms with van der Waals surface area (Å²) in [5.41, 5.74) is -1.01. The standard InChI is InChI=1S/C9H7F5O/c10-8(11,5-9(12,13)14)6-3-1-2-4-7(6)15/h1-4,15H,5H2. The first-order chi connectivity index (χ1) is 6.72. The van der Waals surface area contributed by atoms with Crippen LogP contribution in [0.2, 0.25) is 0 Å². The van der Waals surface area contributed by atoms with Crippen LogP contribution in [-0.4, -0.2) is 11.3 Å². The Balaban J connectivity index is 3.01. The molecule has 1 N–H and O–H groups in total. The molecule has 0 atom stereocenters. The van der Waals surface area contributed by atoms with Crippen molar-refractivity contribution in [2.45, 2.75) is 18.5 Å². The highest BCUT2D eigenvalue weighted by Crippen LogP contribution is 2.42. The van der Waals surface area contributed by atoms with Gasteiger partial charge < -0.3 is 5.11 Å². The summed E-state index contributed by atoms with van der Waals surface area (Å²) < 4.78 is 61.5. The second-order valence-corrected chi connectivity index (χ2v) is 3.01. The van der Waals surface area contributed by atoms with Crippen molar-refractivity contribution >= 4 is 0 Å². The molecule has 0 aliphatic heterocycles. The van der Waals surface area contributed by atoms with Crippen LogP contribution < -0.4 is 0 Å². The van der Waals surface area contributed by atoms with Crippen molar-refractivity contribution in [1.82, 2.24) is 0 Å². The molecule has 0 fully saturated rings. The molecule has 0 heterocycles. The summed E-state index contributed by atoms with van der Waals surface area (Å²) in [6, 6.07) is 4.07. The van der Waals surface area contributed by atoms with Gasteiger partial charge in [0.25, 0.3) is 5.92 Å². The lowest BCUT2D eigenvalue weighted by Crippen LogP contribution is -2.23. The summed E-state index contributed by atoms with van der Waals surface area (Å²) in [5, 5.41) is 9.00. The highest BCUT2D eigenvalue weighted by atomic mass is 19.4. The molecule has 15 heavy (non-hydrogen) atoms. The molecule has 0 spiro atoms. The first-order valence-corrected chi connectivity index (χ1v) is 3.95. The van der Waals surface area contributed by atoms with Gasteiger partial charge in [-0.25, -0.2) is 8.78 Å². The van der Waals surface area contributed by atoms with E-state index in [1.165, 1.54) is 6.07 Å². The minimum Gasteiger partial charge on any atom is -0.507 e. The van der Waals surface area contributed by atoms with E-state index in [1.54, 1.807) is 0 Å². The number of phenols is 1. The molecule has 0 unspecified atom stereocenters. The van der Waals surface area contributed by atoms with E-state index in [-0.39, 0.29) is 0 Å². The fourth-order valence-corrected chi connectivity index (χ4v) is 1.13. The lowest BCUT2D eigenvalue weighted by molar-refractivity contribution is -0.191. The van der Waals surface area contributed by atoms with Crippen LogP contribution in [0.25, 0.3) is 0 Å². The summed E-state index contributed by atoms with van der Waals surface area (Å²) in [6.07, 6.45) is -7.26. The predicted octanol–water partition coefficient (Wildman–Crippen LogP) is 3.44. The molecule has 84 valence electrons. The second kappa shape index (κ2) is 3.67. The smallest absolute Gasteiger partial charge is 0.395 e. The number of para-hydroxylation sites is 1. The van der Waals surface area contributed by atoms with Crippen molar-refractivity contribution in [2.75, 3.05) is 0 Å². The zero-order chi connectivity index (χ0) is 11.7. The Morgan fingerprint density at radius 1 is 1.00 bits per heavy atom. The van der Waals surface area contributed by atoms with Crippen LogP contribution in [0, 0.1) is 0 Å². The maximum atomic E-state index is 13.0. The van der Waals surface area contributed by atoms with Gasteiger partial charge in [0, 0.05) is 0 Å². The van der Waals surface area contributed by atoms with Crippen LogP contribution in [0.3, 0.4) is 0 Å². The average molecular weight is 226 g/mol. The van der Waals surface area contributed by atoms with Crippen LogP contribution in [0.4, 0.5) is 22.0 Å². The highest BCUT2D eigenvalue weighted by Gasteiger charge is 2.45. The Morgan fingerprint density at radius 3 is 2.00 bits per heavy atom. The molecule has 0 aromatic heterocycles. The second-order valence-electron chi connectivity index (χ2n) is 3.01. The number of halogens is 5. The largest absolute Gasteiger partial charge is 0.507 e. The Hall–Kier alpha value is -1.33. The molecule has 1 rings (SSSR count). The molecule has 0 saturated heterocycles. The van der Waals surface area contributed by atoms with E-state index >= 15 is 0 Å². The fourth-order valence-electron chi connectivity index (χ4n) is 1.13. The average Bonchev–Trinajstić information content (AvgIpc) is 1.99. The SMILES string of the molecule is Oc1ccccc1C(F)(F)CC(F)(F)F. The number of hydrogen-bond acceptors (Lipinski definition) is 1. The minimum absolute atomic E-state index is 0.765. The summed E-state index contributed by atoms with van der Waals surface area (Å²) in [6.45, 7) is 0. The number of aromatic hydroxyl groups is 1. The minimum atomic E-state index is -4.98. The molecule has 1 nitrogen and oxygen atoms in total. The van der Waals surface area contributed by atoms with Gasteiger partial charge in [-0.05, 0) is 12.1 Å². The fraction of sp³-hybridized carbons (Fsp3) is 0.333. The molecule has 0 radical (unpaired) electrons. The van der Waals surface area contributed by atoms with Crippen molar-refractivity contribution in [2.24, 2.45) is 0 Å². The number of phenolic OH excluding ortho intramolecular Hbond substituents is 1. The lowest BCUT2D eigenvalue weighted by Gasteiger charge is -2.19. The van der Waals surface area contributed by atoms with E-state index in [9.17, 15) is 22.0 Å². The molecular formula is C9H7F5O. The predicted molar refractivity (Wildman–Crippen MR) is 42.7 cm³/mol. The molecular weight excluding hydrogens is 219 g/mol. The van der Waals surface area contributed by atoms with Gasteiger partial charge in [-0.1, -0.05) is 12.1 Å². The zero-order valence-corrected chi connectivity index (χ0v) is 7.35. The number of benzene rings is 1. The van der Waals surface area contributed by atoms with E-state index in [1.807, 2.05) is 0 Å². The van der Waals surface area contributed by atoms with E-state index in [2.05, 4.69) is 0 Å². The maximum absolute atomic E-state index is 13.0. The molecule has 0 amide bonds. The first kappa shape index (κ1) is 11.7.